The van der Waals surface area contributed by atoms with Crippen LogP contribution in [0.1, 0.15) is 48.0 Å². The van der Waals surface area contributed by atoms with Crippen molar-refractivity contribution in [1.29, 1.82) is 0 Å². The summed E-state index contributed by atoms with van der Waals surface area (Å²) in [4.78, 5) is 20.6. The molecule has 160 valence electrons. The number of halogens is 1. The van der Waals surface area contributed by atoms with E-state index in [1.54, 1.807) is 11.3 Å². The fraction of sp³-hybridized carbons (Fsp3) is 0.455. The van der Waals surface area contributed by atoms with E-state index in [-0.39, 0.29) is 35.9 Å². The zero-order valence-corrected chi connectivity index (χ0v) is 20.9. The summed E-state index contributed by atoms with van der Waals surface area (Å²) in [7, 11) is 2.06. The van der Waals surface area contributed by atoms with Crippen molar-refractivity contribution in [3.63, 3.8) is 0 Å². The zero-order chi connectivity index (χ0) is 20.4. The monoisotopic (exact) mass is 528 g/mol. The van der Waals surface area contributed by atoms with Gasteiger partial charge in [-0.1, -0.05) is 25.1 Å². The van der Waals surface area contributed by atoms with E-state index in [0.717, 1.165) is 37.5 Å². The first kappa shape index (κ1) is 25.4. The summed E-state index contributed by atoms with van der Waals surface area (Å²) in [5, 5.41) is 8.48. The minimum absolute atomic E-state index is 0. The number of guanidine groups is 1. The van der Waals surface area contributed by atoms with Gasteiger partial charge in [-0.3, -0.25) is 4.79 Å². The summed E-state index contributed by atoms with van der Waals surface area (Å²) < 4.78 is 0. The molecule has 0 saturated carbocycles. The fourth-order valence-electron chi connectivity index (χ4n) is 2.69. The Hall–Kier alpha value is -1.61. The molecule has 0 radical (unpaired) electrons. The Kier molecular flexibility index (Phi) is 11.9. The van der Waals surface area contributed by atoms with Crippen molar-refractivity contribution in [2.45, 2.75) is 46.2 Å². The number of likely N-dealkylation sites (N-methyl/N-ethyl adjacent to an activating group) is 1. The van der Waals surface area contributed by atoms with Gasteiger partial charge < -0.3 is 15.5 Å². The van der Waals surface area contributed by atoms with Gasteiger partial charge in [-0.25, -0.2) is 4.99 Å². The van der Waals surface area contributed by atoms with Crippen molar-refractivity contribution in [2.75, 3.05) is 20.1 Å². The van der Waals surface area contributed by atoms with E-state index < -0.39 is 0 Å². The third kappa shape index (κ3) is 8.74. The number of hydrogen-bond donors (Lipinski definition) is 2. The van der Waals surface area contributed by atoms with Crippen LogP contribution in [0.5, 0.6) is 0 Å². The third-order valence-electron chi connectivity index (χ3n) is 4.56. The third-order valence-corrected chi connectivity index (χ3v) is 5.50. The lowest BCUT2D eigenvalue weighted by atomic mass is 10.1. The highest BCUT2D eigenvalue weighted by Crippen LogP contribution is 2.10. The van der Waals surface area contributed by atoms with Crippen LogP contribution < -0.4 is 10.6 Å². The predicted octanol–water partition coefficient (Wildman–Crippen LogP) is 4.53. The second-order valence-electron chi connectivity index (χ2n) is 6.90. The molecule has 1 atom stereocenters. The molecule has 0 aliphatic heterocycles. The van der Waals surface area contributed by atoms with E-state index in [1.807, 2.05) is 31.2 Å². The van der Waals surface area contributed by atoms with E-state index in [2.05, 4.69) is 53.9 Å². The highest BCUT2D eigenvalue weighted by molar-refractivity contribution is 14.0. The molecular weight excluding hydrogens is 495 g/mol. The standard InChI is InChI=1S/C22H32N4OS.HI/c1-5-17(3)25-21(27)19-10-7-9-18(15-19)16-24-22(23-6-2)26(4)13-12-20-11-8-14-28-20;/h7-11,14-15,17H,5-6,12-13,16H2,1-4H3,(H,23,24)(H,25,27);1H. The lowest BCUT2D eigenvalue weighted by Crippen LogP contribution is -2.39. The van der Waals surface area contributed by atoms with Crippen LogP contribution in [0.2, 0.25) is 0 Å². The number of nitrogens with zero attached hydrogens (tertiary/aromatic N) is 2. The summed E-state index contributed by atoms with van der Waals surface area (Å²) in [6, 6.07) is 12.1. The van der Waals surface area contributed by atoms with Crippen LogP contribution in [0.3, 0.4) is 0 Å². The molecule has 0 saturated heterocycles. The first-order valence-electron chi connectivity index (χ1n) is 9.95. The minimum atomic E-state index is -0.0276. The molecule has 0 fully saturated rings. The molecule has 0 bridgehead atoms. The van der Waals surface area contributed by atoms with E-state index in [4.69, 9.17) is 4.99 Å². The molecule has 0 aliphatic carbocycles. The predicted molar refractivity (Wildman–Crippen MR) is 135 cm³/mol. The van der Waals surface area contributed by atoms with Crippen molar-refractivity contribution in [3.8, 4) is 0 Å². The quantitative estimate of drug-likeness (QED) is 0.286. The maximum atomic E-state index is 12.3. The van der Waals surface area contributed by atoms with Crippen LogP contribution in [0.15, 0.2) is 46.8 Å². The lowest BCUT2D eigenvalue weighted by molar-refractivity contribution is 0.0939. The van der Waals surface area contributed by atoms with Crippen molar-refractivity contribution < 1.29 is 4.79 Å². The molecule has 2 N–H and O–H groups in total. The Morgan fingerprint density at radius 1 is 1.24 bits per heavy atom. The van der Waals surface area contributed by atoms with Crippen molar-refractivity contribution in [2.24, 2.45) is 4.99 Å². The molecule has 0 spiro atoms. The van der Waals surface area contributed by atoms with E-state index in [0.29, 0.717) is 12.1 Å². The number of nitrogens with one attached hydrogen (secondary N) is 2. The maximum Gasteiger partial charge on any atom is 0.251 e. The average Bonchev–Trinajstić information content (AvgIpc) is 3.23. The molecule has 5 nitrogen and oxygen atoms in total. The van der Waals surface area contributed by atoms with E-state index in [9.17, 15) is 4.79 Å². The van der Waals surface area contributed by atoms with Gasteiger partial charge in [-0.05, 0) is 55.8 Å². The Labute approximate surface area is 196 Å². The van der Waals surface area contributed by atoms with Gasteiger partial charge in [0.1, 0.15) is 0 Å². The number of benzene rings is 1. The molecule has 1 unspecified atom stereocenters. The molecule has 29 heavy (non-hydrogen) atoms. The molecule has 1 aromatic carbocycles. The van der Waals surface area contributed by atoms with Crippen LogP contribution in [0.25, 0.3) is 0 Å². The molecule has 1 aromatic heterocycles. The summed E-state index contributed by atoms with van der Waals surface area (Å²) in [5.74, 6) is 0.855. The van der Waals surface area contributed by atoms with Crippen LogP contribution >= 0.6 is 35.3 Å². The van der Waals surface area contributed by atoms with E-state index >= 15 is 0 Å². The van der Waals surface area contributed by atoms with Gasteiger partial charge in [0.05, 0.1) is 6.54 Å². The van der Waals surface area contributed by atoms with Gasteiger partial charge in [0, 0.05) is 36.6 Å². The summed E-state index contributed by atoms with van der Waals surface area (Å²) in [5.41, 5.74) is 1.71. The molecule has 1 heterocycles. The van der Waals surface area contributed by atoms with Gasteiger partial charge >= 0.3 is 0 Å². The first-order valence-corrected chi connectivity index (χ1v) is 10.8. The Morgan fingerprint density at radius 3 is 2.69 bits per heavy atom. The molecule has 1 amide bonds. The topological polar surface area (TPSA) is 56.7 Å². The largest absolute Gasteiger partial charge is 0.357 e. The number of rotatable bonds is 9. The Balaban J connectivity index is 0.00000420. The Morgan fingerprint density at radius 2 is 2.03 bits per heavy atom. The smallest absolute Gasteiger partial charge is 0.251 e. The number of thiophene rings is 1. The highest BCUT2D eigenvalue weighted by atomic mass is 127. The molecular formula is C22H33IN4OS. The number of carbonyl (C=O) groups is 1. The number of aliphatic imine (C=N–C) groups is 1. The van der Waals surface area contributed by atoms with Crippen molar-refractivity contribution in [1.82, 2.24) is 15.5 Å². The summed E-state index contributed by atoms with van der Waals surface area (Å²) in [6.45, 7) is 8.41. The average molecular weight is 529 g/mol. The molecule has 2 rings (SSSR count). The van der Waals surface area contributed by atoms with Crippen molar-refractivity contribution >= 4 is 47.2 Å². The fourth-order valence-corrected chi connectivity index (χ4v) is 3.39. The summed E-state index contributed by atoms with van der Waals surface area (Å²) in [6.07, 6.45) is 1.92. The molecule has 2 aromatic rings. The van der Waals surface area contributed by atoms with Crippen LogP contribution in [-0.4, -0.2) is 42.9 Å². The molecule has 0 aliphatic rings. The lowest BCUT2D eigenvalue weighted by Gasteiger charge is -2.21. The van der Waals surface area contributed by atoms with Crippen molar-refractivity contribution in [3.05, 3.63) is 57.8 Å². The normalized spacial score (nSPS) is 12.1. The second-order valence-corrected chi connectivity index (χ2v) is 7.94. The van der Waals surface area contributed by atoms with Gasteiger partial charge in [0.15, 0.2) is 5.96 Å². The van der Waals surface area contributed by atoms with Gasteiger partial charge in [-0.15, -0.1) is 35.3 Å². The summed E-state index contributed by atoms with van der Waals surface area (Å²) >= 11 is 1.79. The van der Waals surface area contributed by atoms with Crippen LogP contribution in [-0.2, 0) is 13.0 Å². The Bertz CT molecular complexity index is 764. The minimum Gasteiger partial charge on any atom is -0.357 e. The highest BCUT2D eigenvalue weighted by Gasteiger charge is 2.10. The number of amides is 1. The number of hydrogen-bond acceptors (Lipinski definition) is 3. The van der Waals surface area contributed by atoms with Crippen LogP contribution in [0, 0.1) is 0 Å². The van der Waals surface area contributed by atoms with Gasteiger partial charge in [-0.2, -0.15) is 0 Å². The zero-order valence-electron chi connectivity index (χ0n) is 17.8. The van der Waals surface area contributed by atoms with Gasteiger partial charge in [0.25, 0.3) is 5.91 Å². The second kappa shape index (κ2) is 13.6. The first-order chi connectivity index (χ1) is 13.5. The van der Waals surface area contributed by atoms with E-state index in [1.165, 1.54) is 4.88 Å². The SMILES string of the molecule is CCNC(=NCc1cccc(C(=O)NC(C)CC)c1)N(C)CCc1cccs1.I. The molecule has 7 heteroatoms. The van der Waals surface area contributed by atoms with Gasteiger partial charge in [0.2, 0.25) is 0 Å². The number of carbonyl (C=O) groups excluding carboxylic acids is 1. The maximum absolute atomic E-state index is 12.3. The van der Waals surface area contributed by atoms with Crippen LogP contribution in [0.4, 0.5) is 0 Å².